The number of nitro groups is 1. The lowest BCUT2D eigenvalue weighted by atomic mass is 10.0. The Morgan fingerprint density at radius 1 is 1.56 bits per heavy atom. The van der Waals surface area contributed by atoms with Crippen LogP contribution in [0.1, 0.15) is 30.9 Å². The van der Waals surface area contributed by atoms with E-state index in [9.17, 15) is 14.5 Å². The summed E-state index contributed by atoms with van der Waals surface area (Å²) in [4.78, 5) is 10.3. The van der Waals surface area contributed by atoms with E-state index in [1.165, 1.54) is 12.1 Å². The van der Waals surface area contributed by atoms with E-state index in [0.717, 1.165) is 18.9 Å². The van der Waals surface area contributed by atoms with Gasteiger partial charge in [-0.15, -0.1) is 0 Å². The first-order chi connectivity index (χ1) is 7.58. The van der Waals surface area contributed by atoms with Crippen LogP contribution < -0.4 is 5.73 Å². The normalized spacial score (nSPS) is 17.1. The molecule has 0 unspecified atom stereocenters. The van der Waals surface area contributed by atoms with E-state index >= 15 is 0 Å². The van der Waals surface area contributed by atoms with Crippen molar-refractivity contribution in [3.05, 3.63) is 39.7 Å². The van der Waals surface area contributed by atoms with Crippen LogP contribution >= 0.6 is 0 Å². The summed E-state index contributed by atoms with van der Waals surface area (Å²) in [6.07, 6.45) is 2.94. The second-order valence-electron chi connectivity index (χ2n) is 4.25. The first kappa shape index (κ1) is 11.0. The van der Waals surface area contributed by atoms with Crippen molar-refractivity contribution < 1.29 is 9.31 Å². The Morgan fingerprint density at radius 2 is 2.25 bits per heavy atom. The van der Waals surface area contributed by atoms with Gasteiger partial charge in [-0.3, -0.25) is 10.1 Å². The Hall–Kier alpha value is -1.49. The van der Waals surface area contributed by atoms with Crippen LogP contribution in [0, 0.1) is 21.8 Å². The van der Waals surface area contributed by atoms with E-state index in [1.807, 2.05) is 0 Å². The molecule has 0 aliphatic heterocycles. The maximum atomic E-state index is 13.0. The van der Waals surface area contributed by atoms with Gasteiger partial charge in [-0.2, -0.15) is 0 Å². The molecule has 0 radical (unpaired) electrons. The highest BCUT2D eigenvalue weighted by molar-refractivity contribution is 5.42. The van der Waals surface area contributed by atoms with Crippen LogP contribution in [-0.4, -0.2) is 4.92 Å². The SMILES string of the molecule is N[C@H](CC1CC1)c1cc(F)ccc1[N+](=O)[O-]. The molecule has 1 aromatic rings. The van der Waals surface area contributed by atoms with Gasteiger partial charge >= 0.3 is 0 Å². The number of halogens is 1. The number of hydrogen-bond donors (Lipinski definition) is 1. The van der Waals surface area contributed by atoms with E-state index in [-0.39, 0.29) is 5.69 Å². The second kappa shape index (κ2) is 4.17. The maximum absolute atomic E-state index is 13.0. The Morgan fingerprint density at radius 3 is 2.81 bits per heavy atom. The number of nitrogens with zero attached hydrogens (tertiary/aromatic N) is 1. The summed E-state index contributed by atoms with van der Waals surface area (Å²) in [5.74, 6) is 0.0738. The van der Waals surface area contributed by atoms with E-state index in [2.05, 4.69) is 0 Å². The lowest BCUT2D eigenvalue weighted by Gasteiger charge is -2.11. The zero-order chi connectivity index (χ0) is 11.7. The molecule has 5 heteroatoms. The summed E-state index contributed by atoms with van der Waals surface area (Å²) < 4.78 is 13.0. The maximum Gasteiger partial charge on any atom is 0.274 e. The molecule has 1 aliphatic carbocycles. The minimum atomic E-state index is -0.512. The number of hydrogen-bond acceptors (Lipinski definition) is 3. The van der Waals surface area contributed by atoms with Gasteiger partial charge in [0.25, 0.3) is 5.69 Å². The molecule has 2 rings (SSSR count). The van der Waals surface area contributed by atoms with E-state index in [4.69, 9.17) is 5.73 Å². The van der Waals surface area contributed by atoms with Crippen LogP contribution in [0.25, 0.3) is 0 Å². The Kier molecular flexibility index (Phi) is 2.87. The molecule has 4 nitrogen and oxygen atoms in total. The fraction of sp³-hybridized carbons (Fsp3) is 0.455. The van der Waals surface area contributed by atoms with E-state index < -0.39 is 16.8 Å². The van der Waals surface area contributed by atoms with Crippen molar-refractivity contribution in [2.75, 3.05) is 0 Å². The third-order valence-corrected chi connectivity index (χ3v) is 2.87. The third-order valence-electron chi connectivity index (χ3n) is 2.87. The minimum Gasteiger partial charge on any atom is -0.324 e. The molecule has 0 heterocycles. The number of nitrogens with two attached hydrogens (primary N) is 1. The van der Waals surface area contributed by atoms with Gasteiger partial charge in [0.15, 0.2) is 0 Å². The molecule has 1 saturated carbocycles. The highest BCUT2D eigenvalue weighted by Crippen LogP contribution is 2.38. The summed E-state index contributed by atoms with van der Waals surface area (Å²) in [5.41, 5.74) is 6.09. The van der Waals surface area contributed by atoms with Gasteiger partial charge in [0, 0.05) is 17.7 Å². The Bertz CT molecular complexity index is 418. The molecule has 0 bridgehead atoms. The fourth-order valence-corrected chi connectivity index (χ4v) is 1.83. The first-order valence-corrected chi connectivity index (χ1v) is 5.27. The third kappa shape index (κ3) is 2.36. The van der Waals surface area contributed by atoms with Crippen LogP contribution in [0.4, 0.5) is 10.1 Å². The zero-order valence-electron chi connectivity index (χ0n) is 8.73. The van der Waals surface area contributed by atoms with Gasteiger partial charge in [0.2, 0.25) is 0 Å². The van der Waals surface area contributed by atoms with Gasteiger partial charge in [-0.05, 0) is 24.5 Å². The van der Waals surface area contributed by atoms with Crippen LogP contribution in [0.5, 0.6) is 0 Å². The fourth-order valence-electron chi connectivity index (χ4n) is 1.83. The van der Waals surface area contributed by atoms with Crippen molar-refractivity contribution in [2.45, 2.75) is 25.3 Å². The molecule has 0 saturated heterocycles. The summed E-state index contributed by atoms with van der Waals surface area (Å²) in [6.45, 7) is 0. The molecule has 86 valence electrons. The first-order valence-electron chi connectivity index (χ1n) is 5.27. The van der Waals surface area contributed by atoms with Crippen molar-refractivity contribution in [1.82, 2.24) is 0 Å². The predicted molar refractivity (Wildman–Crippen MR) is 57.3 cm³/mol. The Labute approximate surface area is 92.4 Å². The van der Waals surface area contributed by atoms with Crippen molar-refractivity contribution in [1.29, 1.82) is 0 Å². The molecular weight excluding hydrogens is 211 g/mol. The van der Waals surface area contributed by atoms with Gasteiger partial charge in [0.1, 0.15) is 5.82 Å². The van der Waals surface area contributed by atoms with Crippen molar-refractivity contribution in [2.24, 2.45) is 11.7 Å². The molecule has 16 heavy (non-hydrogen) atoms. The average Bonchev–Trinajstić information content (AvgIpc) is 3.01. The lowest BCUT2D eigenvalue weighted by molar-refractivity contribution is -0.385. The van der Waals surface area contributed by atoms with Crippen molar-refractivity contribution >= 4 is 5.69 Å². The Balaban J connectivity index is 2.27. The van der Waals surface area contributed by atoms with Crippen LogP contribution in [-0.2, 0) is 0 Å². The van der Waals surface area contributed by atoms with Gasteiger partial charge in [-0.25, -0.2) is 4.39 Å². The second-order valence-corrected chi connectivity index (χ2v) is 4.25. The van der Waals surface area contributed by atoms with Crippen molar-refractivity contribution in [3.8, 4) is 0 Å². The molecule has 1 atom stereocenters. The van der Waals surface area contributed by atoms with Gasteiger partial charge in [0.05, 0.1) is 4.92 Å². The highest BCUT2D eigenvalue weighted by atomic mass is 19.1. The molecule has 1 aromatic carbocycles. The number of rotatable bonds is 4. The van der Waals surface area contributed by atoms with Gasteiger partial charge < -0.3 is 5.73 Å². The molecule has 1 aliphatic rings. The largest absolute Gasteiger partial charge is 0.324 e. The molecule has 2 N–H and O–H groups in total. The van der Waals surface area contributed by atoms with E-state index in [0.29, 0.717) is 17.9 Å². The summed E-state index contributed by atoms with van der Waals surface area (Å²) in [7, 11) is 0. The predicted octanol–water partition coefficient (Wildman–Crippen LogP) is 2.53. The zero-order valence-corrected chi connectivity index (χ0v) is 8.73. The molecule has 0 amide bonds. The van der Waals surface area contributed by atoms with Crippen LogP contribution in [0.3, 0.4) is 0 Å². The number of benzene rings is 1. The quantitative estimate of drug-likeness (QED) is 0.631. The smallest absolute Gasteiger partial charge is 0.274 e. The summed E-state index contributed by atoms with van der Waals surface area (Å²) in [6, 6.07) is 3.00. The molecule has 0 aromatic heterocycles. The molecule has 1 fully saturated rings. The standard InChI is InChI=1S/C11H13FN2O2/c12-8-3-4-11(14(15)16)9(6-8)10(13)5-7-1-2-7/h3-4,6-7,10H,1-2,5,13H2/t10-/m1/s1. The topological polar surface area (TPSA) is 69.2 Å². The monoisotopic (exact) mass is 224 g/mol. The lowest BCUT2D eigenvalue weighted by Crippen LogP contribution is -2.13. The summed E-state index contributed by atoms with van der Waals surface area (Å²) in [5, 5.41) is 10.8. The van der Waals surface area contributed by atoms with E-state index in [1.54, 1.807) is 0 Å². The molecule has 0 spiro atoms. The van der Waals surface area contributed by atoms with Gasteiger partial charge in [-0.1, -0.05) is 12.8 Å². The molecular formula is C11H13FN2O2. The van der Waals surface area contributed by atoms with Crippen molar-refractivity contribution in [3.63, 3.8) is 0 Å². The minimum absolute atomic E-state index is 0.0884. The number of nitro benzene ring substituents is 1. The summed E-state index contributed by atoms with van der Waals surface area (Å²) >= 11 is 0. The average molecular weight is 224 g/mol. The highest BCUT2D eigenvalue weighted by Gasteiger charge is 2.28. The van der Waals surface area contributed by atoms with Crippen LogP contribution in [0.15, 0.2) is 18.2 Å². The van der Waals surface area contributed by atoms with Crippen LogP contribution in [0.2, 0.25) is 0 Å².